The molecule has 1 fully saturated rings. The van der Waals surface area contributed by atoms with Gasteiger partial charge in [0.15, 0.2) is 11.3 Å². The molecule has 154 valence electrons. The van der Waals surface area contributed by atoms with Crippen molar-refractivity contribution in [2.45, 2.75) is 45.1 Å². The van der Waals surface area contributed by atoms with Crippen LogP contribution in [0.25, 0.3) is 5.65 Å². The number of nitrogens with one attached hydrogen (secondary N) is 1. The number of halogens is 2. The van der Waals surface area contributed by atoms with E-state index in [1.807, 2.05) is 0 Å². The highest BCUT2D eigenvalue weighted by atomic mass is 19.3. The van der Waals surface area contributed by atoms with Gasteiger partial charge in [-0.1, -0.05) is 6.92 Å². The van der Waals surface area contributed by atoms with Crippen molar-refractivity contribution in [1.29, 1.82) is 0 Å². The zero-order valence-corrected chi connectivity index (χ0v) is 16.2. The van der Waals surface area contributed by atoms with Gasteiger partial charge in [0.25, 0.3) is 12.3 Å². The molecule has 1 aliphatic carbocycles. The van der Waals surface area contributed by atoms with Crippen LogP contribution in [0, 0.1) is 5.92 Å². The molecular weight excluding hydrogens is 382 g/mol. The van der Waals surface area contributed by atoms with Gasteiger partial charge in [0, 0.05) is 18.6 Å². The quantitative estimate of drug-likeness (QED) is 0.698. The number of methoxy groups -OCH3 is 1. The van der Waals surface area contributed by atoms with Gasteiger partial charge >= 0.3 is 0 Å². The Bertz CT molecular complexity index is 1020. The van der Waals surface area contributed by atoms with E-state index >= 15 is 0 Å². The second-order valence-electron chi connectivity index (χ2n) is 7.35. The molecule has 10 heteroatoms. The summed E-state index contributed by atoms with van der Waals surface area (Å²) in [5, 5.41) is 10.8. The SMILES string of the molecule is COc1nn2cccnc2c1C(=O)Nc1cn(C2CCC(C)CC2)nc1C(F)F. The summed E-state index contributed by atoms with van der Waals surface area (Å²) in [4.78, 5) is 17.1. The Labute approximate surface area is 165 Å². The predicted octanol–water partition coefficient (Wildman–Crippen LogP) is 3.88. The van der Waals surface area contributed by atoms with Crippen molar-refractivity contribution in [3.05, 3.63) is 35.9 Å². The van der Waals surface area contributed by atoms with Crippen molar-refractivity contribution in [2.24, 2.45) is 5.92 Å². The maximum atomic E-state index is 13.6. The number of nitrogens with zero attached hydrogens (tertiary/aromatic N) is 5. The predicted molar refractivity (Wildman–Crippen MR) is 101 cm³/mol. The van der Waals surface area contributed by atoms with Gasteiger partial charge in [-0.2, -0.15) is 5.10 Å². The number of rotatable bonds is 5. The van der Waals surface area contributed by atoms with Crippen LogP contribution in [0.3, 0.4) is 0 Å². The molecule has 8 nitrogen and oxygen atoms in total. The molecule has 29 heavy (non-hydrogen) atoms. The first-order valence-electron chi connectivity index (χ1n) is 9.53. The first kappa shape index (κ1) is 19.3. The zero-order chi connectivity index (χ0) is 20.5. The number of anilines is 1. The highest BCUT2D eigenvalue weighted by Gasteiger charge is 2.28. The summed E-state index contributed by atoms with van der Waals surface area (Å²) < 4.78 is 35.3. The minimum atomic E-state index is -2.81. The van der Waals surface area contributed by atoms with Gasteiger partial charge in [-0.3, -0.25) is 9.48 Å². The van der Waals surface area contributed by atoms with E-state index in [2.05, 4.69) is 27.4 Å². The Balaban J connectivity index is 1.65. The van der Waals surface area contributed by atoms with Crippen LogP contribution >= 0.6 is 0 Å². The van der Waals surface area contributed by atoms with E-state index in [0.717, 1.165) is 25.7 Å². The third-order valence-corrected chi connectivity index (χ3v) is 5.36. The van der Waals surface area contributed by atoms with Crippen molar-refractivity contribution in [1.82, 2.24) is 24.4 Å². The van der Waals surface area contributed by atoms with Crippen molar-refractivity contribution in [3.8, 4) is 5.88 Å². The smallest absolute Gasteiger partial charge is 0.284 e. The van der Waals surface area contributed by atoms with E-state index in [4.69, 9.17) is 4.74 Å². The number of amides is 1. The van der Waals surface area contributed by atoms with Crippen molar-refractivity contribution >= 4 is 17.2 Å². The maximum absolute atomic E-state index is 13.6. The van der Waals surface area contributed by atoms with Gasteiger partial charge in [-0.15, -0.1) is 5.10 Å². The Morgan fingerprint density at radius 3 is 2.72 bits per heavy atom. The van der Waals surface area contributed by atoms with Gasteiger partial charge in [-0.25, -0.2) is 18.3 Å². The topological polar surface area (TPSA) is 86.3 Å². The molecule has 0 unspecified atom stereocenters. The minimum absolute atomic E-state index is 0.0130. The molecule has 3 aromatic rings. The number of carbonyl (C=O) groups excluding carboxylic acids is 1. The summed E-state index contributed by atoms with van der Waals surface area (Å²) in [7, 11) is 1.38. The molecule has 0 spiro atoms. The van der Waals surface area contributed by atoms with E-state index in [9.17, 15) is 13.6 Å². The molecule has 1 amide bonds. The lowest BCUT2D eigenvalue weighted by molar-refractivity contribution is 0.102. The molecule has 0 aromatic carbocycles. The Hall–Kier alpha value is -3.04. The summed E-state index contributed by atoms with van der Waals surface area (Å²) >= 11 is 0. The van der Waals surface area contributed by atoms with E-state index in [1.165, 1.54) is 24.0 Å². The molecule has 0 atom stereocenters. The number of aromatic nitrogens is 5. The van der Waals surface area contributed by atoms with Crippen LogP contribution in [0.1, 0.15) is 61.1 Å². The average molecular weight is 404 g/mol. The lowest BCUT2D eigenvalue weighted by Crippen LogP contribution is -2.17. The van der Waals surface area contributed by atoms with Gasteiger partial charge in [-0.05, 0) is 37.7 Å². The summed E-state index contributed by atoms with van der Waals surface area (Å²) in [6, 6.07) is 1.72. The van der Waals surface area contributed by atoms with Crippen LogP contribution in [0.4, 0.5) is 14.5 Å². The van der Waals surface area contributed by atoms with Gasteiger partial charge in [0.2, 0.25) is 5.88 Å². The fraction of sp³-hybridized carbons (Fsp3) is 0.474. The Morgan fingerprint density at radius 1 is 1.28 bits per heavy atom. The number of alkyl halides is 2. The van der Waals surface area contributed by atoms with Crippen molar-refractivity contribution in [2.75, 3.05) is 12.4 Å². The molecule has 3 heterocycles. The standard InChI is InChI=1S/C19H22F2N6O2/c1-11-4-6-12(7-5-11)27-10-13(15(24-27)16(20)21)23-18(28)14-17-22-8-3-9-26(17)25-19(14)29-2/h3,8-12,16H,4-7H2,1-2H3,(H,23,28). The summed E-state index contributed by atoms with van der Waals surface area (Å²) in [6.45, 7) is 2.19. The number of hydrogen-bond acceptors (Lipinski definition) is 5. The van der Waals surface area contributed by atoms with E-state index < -0.39 is 18.0 Å². The van der Waals surface area contributed by atoms with Crippen molar-refractivity contribution in [3.63, 3.8) is 0 Å². The third-order valence-electron chi connectivity index (χ3n) is 5.36. The normalized spacial score (nSPS) is 19.6. The molecule has 1 aliphatic rings. The Morgan fingerprint density at radius 2 is 2.03 bits per heavy atom. The van der Waals surface area contributed by atoms with E-state index in [1.54, 1.807) is 16.9 Å². The average Bonchev–Trinajstić information content (AvgIpc) is 3.29. The minimum Gasteiger partial charge on any atom is -0.479 e. The molecule has 4 rings (SSSR count). The molecule has 0 aliphatic heterocycles. The first-order valence-corrected chi connectivity index (χ1v) is 9.53. The monoisotopic (exact) mass is 404 g/mol. The molecular formula is C19H22F2N6O2. The van der Waals surface area contributed by atoms with Crippen molar-refractivity contribution < 1.29 is 18.3 Å². The zero-order valence-electron chi connectivity index (χ0n) is 16.2. The van der Waals surface area contributed by atoms with Crippen LogP contribution in [-0.4, -0.2) is 37.4 Å². The van der Waals surface area contributed by atoms with Gasteiger partial charge in [0.05, 0.1) is 18.8 Å². The van der Waals surface area contributed by atoms with Crippen LogP contribution in [0.2, 0.25) is 0 Å². The first-order chi connectivity index (χ1) is 14.0. The van der Waals surface area contributed by atoms with Crippen LogP contribution in [0.5, 0.6) is 5.88 Å². The lowest BCUT2D eigenvalue weighted by atomic mass is 9.87. The molecule has 1 saturated carbocycles. The van der Waals surface area contributed by atoms with E-state index in [-0.39, 0.29) is 28.8 Å². The van der Waals surface area contributed by atoms with E-state index in [0.29, 0.717) is 5.92 Å². The number of fused-ring (bicyclic) bond motifs is 1. The number of ether oxygens (including phenoxy) is 1. The summed E-state index contributed by atoms with van der Waals surface area (Å²) in [5.41, 5.74) is -0.108. The third kappa shape index (κ3) is 3.66. The van der Waals surface area contributed by atoms with Crippen LogP contribution in [0.15, 0.2) is 24.7 Å². The molecule has 0 radical (unpaired) electrons. The maximum Gasteiger partial charge on any atom is 0.284 e. The van der Waals surface area contributed by atoms with Crippen LogP contribution in [-0.2, 0) is 0 Å². The largest absolute Gasteiger partial charge is 0.479 e. The molecule has 0 bridgehead atoms. The Kier molecular flexibility index (Phi) is 5.16. The molecule has 3 aromatic heterocycles. The molecule has 0 saturated heterocycles. The van der Waals surface area contributed by atoms with Gasteiger partial charge in [0.1, 0.15) is 5.56 Å². The highest BCUT2D eigenvalue weighted by Crippen LogP contribution is 2.35. The highest BCUT2D eigenvalue weighted by molar-refractivity contribution is 6.10. The second-order valence-corrected chi connectivity index (χ2v) is 7.35. The fourth-order valence-corrected chi connectivity index (χ4v) is 3.75. The lowest BCUT2D eigenvalue weighted by Gasteiger charge is -2.26. The van der Waals surface area contributed by atoms with Gasteiger partial charge < -0.3 is 10.1 Å². The number of carbonyl (C=O) groups is 1. The second kappa shape index (κ2) is 7.76. The number of hydrogen-bond donors (Lipinski definition) is 1. The summed E-state index contributed by atoms with van der Waals surface area (Å²) in [6.07, 6.45) is 5.64. The van der Waals surface area contributed by atoms with Crippen LogP contribution < -0.4 is 10.1 Å². The fourth-order valence-electron chi connectivity index (χ4n) is 3.75. The molecule has 1 N–H and O–H groups in total. The summed E-state index contributed by atoms with van der Waals surface area (Å²) in [5.74, 6) is 0.0638.